The molecule has 1 heterocycles. The molecule has 0 aliphatic rings. The number of methoxy groups -OCH3 is 1. The van der Waals surface area contributed by atoms with E-state index >= 15 is 0 Å². The lowest BCUT2D eigenvalue weighted by atomic mass is 10.2. The van der Waals surface area contributed by atoms with E-state index in [4.69, 9.17) is 10.5 Å². The average Bonchev–Trinajstić information content (AvgIpc) is 3.06. The van der Waals surface area contributed by atoms with Crippen LogP contribution in [-0.4, -0.2) is 36.6 Å². The number of carbonyl (C=O) groups excluding carboxylic acids is 1. The molecule has 2 aromatic rings. The van der Waals surface area contributed by atoms with Crippen molar-refractivity contribution in [2.45, 2.75) is 39.0 Å². The van der Waals surface area contributed by atoms with Crippen LogP contribution in [0.2, 0.25) is 0 Å². The van der Waals surface area contributed by atoms with Crippen molar-refractivity contribution in [3.05, 3.63) is 47.1 Å². The van der Waals surface area contributed by atoms with Crippen molar-refractivity contribution in [3.63, 3.8) is 0 Å². The summed E-state index contributed by atoms with van der Waals surface area (Å²) in [6, 6.07) is 10.5. The molecule has 2 N–H and O–H groups in total. The number of carbonyl (C=O) groups is 1. The first kappa shape index (κ1) is 19.6. The first-order valence-corrected chi connectivity index (χ1v) is 9.13. The van der Waals surface area contributed by atoms with Gasteiger partial charge in [0.05, 0.1) is 19.1 Å². The molecule has 0 saturated carbocycles. The van der Waals surface area contributed by atoms with Crippen LogP contribution in [0.5, 0.6) is 0 Å². The smallest absolute Gasteiger partial charge is 0.225 e. The van der Waals surface area contributed by atoms with Crippen LogP contribution in [0.15, 0.2) is 36.4 Å². The summed E-state index contributed by atoms with van der Waals surface area (Å²) in [5.41, 5.74) is 6.59. The number of ether oxygens (including phenoxy) is 1. The zero-order valence-electron chi connectivity index (χ0n) is 14.9. The second-order valence-corrected chi connectivity index (χ2v) is 7.35. The van der Waals surface area contributed by atoms with Crippen molar-refractivity contribution in [1.29, 1.82) is 0 Å². The number of halogens is 1. The van der Waals surface area contributed by atoms with Gasteiger partial charge in [-0.2, -0.15) is 0 Å². The fourth-order valence-electron chi connectivity index (χ4n) is 2.53. The van der Waals surface area contributed by atoms with Gasteiger partial charge >= 0.3 is 0 Å². The maximum absolute atomic E-state index is 13.1. The van der Waals surface area contributed by atoms with Crippen molar-refractivity contribution >= 4 is 17.2 Å². The standard InChI is InChI=1S/C19H25FN2O2S/c1-13(2)22(19(23)10-16(11-21)24-3)12-17-8-9-18(25-17)14-4-6-15(20)7-5-14/h4-9,13,16H,10-12,21H2,1-3H3. The van der Waals surface area contributed by atoms with Crippen molar-refractivity contribution < 1.29 is 13.9 Å². The summed E-state index contributed by atoms with van der Waals surface area (Å²) >= 11 is 1.61. The summed E-state index contributed by atoms with van der Waals surface area (Å²) in [6.07, 6.45) is 0.0216. The number of benzene rings is 1. The van der Waals surface area contributed by atoms with Gasteiger partial charge in [0.25, 0.3) is 0 Å². The lowest BCUT2D eigenvalue weighted by Gasteiger charge is -2.27. The Kier molecular flexibility index (Phi) is 7.11. The molecule has 25 heavy (non-hydrogen) atoms. The van der Waals surface area contributed by atoms with Crippen LogP contribution < -0.4 is 5.73 Å². The third-order valence-electron chi connectivity index (χ3n) is 4.06. The molecule has 0 saturated heterocycles. The van der Waals surface area contributed by atoms with E-state index in [-0.39, 0.29) is 30.3 Å². The molecule has 0 fully saturated rings. The fraction of sp³-hybridized carbons (Fsp3) is 0.421. The van der Waals surface area contributed by atoms with Gasteiger partial charge < -0.3 is 15.4 Å². The number of hydrogen-bond acceptors (Lipinski definition) is 4. The molecule has 1 atom stereocenters. The highest BCUT2D eigenvalue weighted by Gasteiger charge is 2.21. The highest BCUT2D eigenvalue weighted by molar-refractivity contribution is 7.15. The zero-order valence-corrected chi connectivity index (χ0v) is 15.7. The number of hydrogen-bond donors (Lipinski definition) is 1. The fourth-order valence-corrected chi connectivity index (χ4v) is 3.55. The van der Waals surface area contributed by atoms with Crippen LogP contribution >= 0.6 is 11.3 Å². The van der Waals surface area contributed by atoms with Gasteiger partial charge in [-0.3, -0.25) is 4.79 Å². The first-order valence-electron chi connectivity index (χ1n) is 8.31. The second-order valence-electron chi connectivity index (χ2n) is 6.19. The van der Waals surface area contributed by atoms with Gasteiger partial charge in [-0.1, -0.05) is 12.1 Å². The molecule has 136 valence electrons. The molecule has 1 amide bonds. The predicted octanol–water partition coefficient (Wildman–Crippen LogP) is 3.66. The summed E-state index contributed by atoms with van der Waals surface area (Å²) in [4.78, 5) is 16.6. The lowest BCUT2D eigenvalue weighted by Crippen LogP contribution is -2.39. The largest absolute Gasteiger partial charge is 0.380 e. The van der Waals surface area contributed by atoms with Crippen molar-refractivity contribution in [2.75, 3.05) is 13.7 Å². The average molecular weight is 364 g/mol. The van der Waals surface area contributed by atoms with E-state index in [9.17, 15) is 9.18 Å². The summed E-state index contributed by atoms with van der Waals surface area (Å²) in [7, 11) is 1.57. The maximum atomic E-state index is 13.1. The molecule has 0 bridgehead atoms. The van der Waals surface area contributed by atoms with E-state index in [1.54, 1.807) is 30.6 Å². The minimum atomic E-state index is -0.258. The molecular weight excluding hydrogens is 339 g/mol. The zero-order chi connectivity index (χ0) is 18.4. The molecular formula is C19H25FN2O2S. The quantitative estimate of drug-likeness (QED) is 0.778. The van der Waals surface area contributed by atoms with Crippen LogP contribution in [0.25, 0.3) is 10.4 Å². The van der Waals surface area contributed by atoms with Gasteiger partial charge in [-0.15, -0.1) is 11.3 Å². The van der Waals surface area contributed by atoms with Crippen molar-refractivity contribution in [3.8, 4) is 10.4 Å². The molecule has 1 aromatic heterocycles. The molecule has 0 aliphatic heterocycles. The highest BCUT2D eigenvalue weighted by Crippen LogP contribution is 2.29. The van der Waals surface area contributed by atoms with Crippen LogP contribution in [0, 0.1) is 5.82 Å². The molecule has 2 rings (SSSR count). The third kappa shape index (κ3) is 5.36. The molecule has 0 aliphatic carbocycles. The normalized spacial score (nSPS) is 12.4. The monoisotopic (exact) mass is 364 g/mol. The Morgan fingerprint density at radius 2 is 1.92 bits per heavy atom. The number of nitrogens with zero attached hydrogens (tertiary/aromatic N) is 1. The minimum Gasteiger partial charge on any atom is -0.380 e. The van der Waals surface area contributed by atoms with Gasteiger partial charge in [0, 0.05) is 29.5 Å². The van der Waals surface area contributed by atoms with Crippen LogP contribution in [0.1, 0.15) is 25.1 Å². The Bertz CT molecular complexity index is 681. The van der Waals surface area contributed by atoms with E-state index in [1.807, 2.05) is 30.9 Å². The SMILES string of the molecule is COC(CN)CC(=O)N(Cc1ccc(-c2ccc(F)cc2)s1)C(C)C. The maximum Gasteiger partial charge on any atom is 0.225 e. The minimum absolute atomic E-state index is 0.0315. The number of nitrogens with two attached hydrogens (primary N) is 1. The van der Waals surface area contributed by atoms with Gasteiger partial charge in [-0.25, -0.2) is 4.39 Å². The molecule has 1 aromatic carbocycles. The topological polar surface area (TPSA) is 55.6 Å². The Labute approximate surface area is 152 Å². The van der Waals surface area contributed by atoms with E-state index in [1.165, 1.54) is 12.1 Å². The predicted molar refractivity (Wildman–Crippen MR) is 99.9 cm³/mol. The molecule has 1 unspecified atom stereocenters. The first-order chi connectivity index (χ1) is 11.9. The summed E-state index contributed by atoms with van der Waals surface area (Å²) in [6.45, 7) is 4.86. The Balaban J connectivity index is 2.09. The molecule has 0 radical (unpaired) electrons. The Morgan fingerprint density at radius 1 is 1.24 bits per heavy atom. The van der Waals surface area contributed by atoms with Gasteiger partial charge in [-0.05, 0) is 43.7 Å². The van der Waals surface area contributed by atoms with Crippen LogP contribution in [0.3, 0.4) is 0 Å². The Morgan fingerprint density at radius 3 is 2.48 bits per heavy atom. The lowest BCUT2D eigenvalue weighted by molar-refractivity contribution is -0.136. The van der Waals surface area contributed by atoms with Gasteiger partial charge in [0.2, 0.25) is 5.91 Å². The number of amides is 1. The molecule has 6 heteroatoms. The van der Waals surface area contributed by atoms with Gasteiger partial charge in [0.15, 0.2) is 0 Å². The molecule has 4 nitrogen and oxygen atoms in total. The van der Waals surface area contributed by atoms with E-state index in [0.29, 0.717) is 13.1 Å². The highest BCUT2D eigenvalue weighted by atomic mass is 32.1. The van der Waals surface area contributed by atoms with E-state index in [2.05, 4.69) is 0 Å². The second kappa shape index (κ2) is 9.08. The van der Waals surface area contributed by atoms with E-state index < -0.39 is 0 Å². The summed E-state index contributed by atoms with van der Waals surface area (Å²) in [5, 5.41) is 0. The summed E-state index contributed by atoms with van der Waals surface area (Å²) < 4.78 is 18.3. The number of rotatable bonds is 8. The van der Waals surface area contributed by atoms with Crippen molar-refractivity contribution in [1.82, 2.24) is 4.90 Å². The van der Waals surface area contributed by atoms with Gasteiger partial charge in [0.1, 0.15) is 5.82 Å². The summed E-state index contributed by atoms with van der Waals surface area (Å²) in [5.74, 6) is -0.214. The van der Waals surface area contributed by atoms with Crippen LogP contribution in [-0.2, 0) is 16.1 Å². The number of thiophene rings is 1. The van der Waals surface area contributed by atoms with Crippen molar-refractivity contribution in [2.24, 2.45) is 5.73 Å². The Hall–Kier alpha value is -1.76. The third-order valence-corrected chi connectivity index (χ3v) is 5.18. The molecule has 0 spiro atoms. The van der Waals surface area contributed by atoms with Crippen LogP contribution in [0.4, 0.5) is 4.39 Å². The van der Waals surface area contributed by atoms with E-state index in [0.717, 1.165) is 15.3 Å².